The highest BCUT2D eigenvalue weighted by molar-refractivity contribution is 5.80. The zero-order chi connectivity index (χ0) is 22.3. The number of likely N-dealkylation sites (N-methyl/N-ethyl adjacent to an activating group) is 1. The van der Waals surface area contributed by atoms with Gasteiger partial charge in [0.25, 0.3) is 0 Å². The number of rotatable bonds is 16. The Morgan fingerprint density at radius 2 is 1.58 bits per heavy atom. The summed E-state index contributed by atoms with van der Waals surface area (Å²) in [6, 6.07) is 9.06. The van der Waals surface area contributed by atoms with Crippen LogP contribution in [0.15, 0.2) is 24.3 Å². The molecule has 1 saturated carbocycles. The molecule has 0 saturated heterocycles. The minimum atomic E-state index is 0.405. The smallest absolute Gasteiger partial charge is 0.135 e. The van der Waals surface area contributed by atoms with Gasteiger partial charge in [-0.2, -0.15) is 0 Å². The molecule has 1 fully saturated rings. The van der Waals surface area contributed by atoms with Crippen LogP contribution in [0.5, 0.6) is 5.75 Å². The molecule has 1 aromatic rings. The summed E-state index contributed by atoms with van der Waals surface area (Å²) >= 11 is 0. The maximum Gasteiger partial charge on any atom is 0.135 e. The molecule has 1 aromatic carbocycles. The highest BCUT2D eigenvalue weighted by Crippen LogP contribution is 2.26. The van der Waals surface area contributed by atoms with Gasteiger partial charge in [-0.05, 0) is 69.8 Å². The highest BCUT2D eigenvalue weighted by atomic mass is 16.5. The van der Waals surface area contributed by atoms with Crippen LogP contribution in [0.3, 0.4) is 0 Å². The van der Waals surface area contributed by atoms with Crippen LogP contribution in [0, 0.1) is 5.92 Å². The molecule has 0 N–H and O–H groups in total. The van der Waals surface area contributed by atoms with Crippen molar-refractivity contribution < 1.29 is 9.53 Å². The number of hydrogen-bond acceptors (Lipinski definition) is 3. The molecular weight excluding hydrogens is 382 g/mol. The predicted molar refractivity (Wildman–Crippen MR) is 132 cm³/mol. The Kier molecular flexibility index (Phi) is 12.9. The van der Waals surface area contributed by atoms with Gasteiger partial charge in [0, 0.05) is 18.4 Å². The number of unbranched alkanes of at least 4 members (excludes halogenated alkanes) is 6. The van der Waals surface area contributed by atoms with Crippen molar-refractivity contribution in [1.29, 1.82) is 0 Å². The van der Waals surface area contributed by atoms with E-state index in [4.69, 9.17) is 4.74 Å². The van der Waals surface area contributed by atoms with E-state index >= 15 is 0 Å². The lowest BCUT2D eigenvalue weighted by molar-refractivity contribution is -0.123. The third kappa shape index (κ3) is 10.2. The minimum absolute atomic E-state index is 0.405. The van der Waals surface area contributed by atoms with Gasteiger partial charge < -0.3 is 9.64 Å². The first-order valence-corrected chi connectivity index (χ1v) is 13.0. The fraction of sp³-hybridized carbons (Fsp3) is 0.750. The SMILES string of the molecule is CCN(CCCCCCCCCC(=O)C1CCCCC1)C(C)Cc1ccc(OC)cc1. The lowest BCUT2D eigenvalue weighted by Gasteiger charge is -2.28. The van der Waals surface area contributed by atoms with Crippen molar-refractivity contribution in [3.63, 3.8) is 0 Å². The van der Waals surface area contributed by atoms with Gasteiger partial charge in [0.1, 0.15) is 11.5 Å². The van der Waals surface area contributed by atoms with E-state index in [9.17, 15) is 4.79 Å². The van der Waals surface area contributed by atoms with Gasteiger partial charge in [-0.15, -0.1) is 0 Å². The number of nitrogens with zero attached hydrogens (tertiary/aromatic N) is 1. The molecule has 1 unspecified atom stereocenters. The Balaban J connectivity index is 1.49. The monoisotopic (exact) mass is 429 g/mol. The van der Waals surface area contributed by atoms with Crippen LogP contribution >= 0.6 is 0 Å². The molecule has 0 bridgehead atoms. The number of carbonyl (C=O) groups is 1. The molecule has 31 heavy (non-hydrogen) atoms. The third-order valence-electron chi connectivity index (χ3n) is 7.15. The second kappa shape index (κ2) is 15.5. The van der Waals surface area contributed by atoms with E-state index in [2.05, 4.69) is 43.0 Å². The molecule has 0 amide bonds. The van der Waals surface area contributed by atoms with Crippen molar-refractivity contribution in [3.05, 3.63) is 29.8 Å². The number of carbonyl (C=O) groups excluding carboxylic acids is 1. The summed E-state index contributed by atoms with van der Waals surface area (Å²) in [6.45, 7) is 6.94. The van der Waals surface area contributed by atoms with Gasteiger partial charge in [0.15, 0.2) is 0 Å². The Morgan fingerprint density at radius 1 is 0.968 bits per heavy atom. The van der Waals surface area contributed by atoms with Crippen molar-refractivity contribution >= 4 is 5.78 Å². The second-order valence-corrected chi connectivity index (χ2v) is 9.56. The zero-order valence-electron chi connectivity index (χ0n) is 20.5. The highest BCUT2D eigenvalue weighted by Gasteiger charge is 2.20. The van der Waals surface area contributed by atoms with Gasteiger partial charge in [-0.1, -0.05) is 70.4 Å². The second-order valence-electron chi connectivity index (χ2n) is 9.56. The maximum atomic E-state index is 12.3. The van der Waals surface area contributed by atoms with Gasteiger partial charge >= 0.3 is 0 Å². The third-order valence-corrected chi connectivity index (χ3v) is 7.15. The zero-order valence-corrected chi connectivity index (χ0v) is 20.5. The normalized spacial score (nSPS) is 15.9. The quantitative estimate of drug-likeness (QED) is 0.260. The van der Waals surface area contributed by atoms with Crippen molar-refractivity contribution in [1.82, 2.24) is 4.90 Å². The molecule has 0 spiro atoms. The molecule has 1 aliphatic rings. The summed E-state index contributed by atoms with van der Waals surface area (Å²) in [5, 5.41) is 0. The molecule has 1 atom stereocenters. The fourth-order valence-corrected chi connectivity index (χ4v) is 5.05. The van der Waals surface area contributed by atoms with Crippen LogP contribution in [0.4, 0.5) is 0 Å². The van der Waals surface area contributed by atoms with Crippen LogP contribution in [-0.2, 0) is 11.2 Å². The largest absolute Gasteiger partial charge is 0.497 e. The van der Waals surface area contributed by atoms with Crippen molar-refractivity contribution in [2.45, 2.75) is 110 Å². The lowest BCUT2D eigenvalue weighted by Crippen LogP contribution is -2.35. The Morgan fingerprint density at radius 3 is 2.19 bits per heavy atom. The molecule has 3 heteroatoms. The molecule has 0 aromatic heterocycles. The van der Waals surface area contributed by atoms with Crippen LogP contribution < -0.4 is 4.74 Å². The first kappa shape index (κ1) is 25.9. The first-order chi connectivity index (χ1) is 15.1. The Labute approximate surface area is 191 Å². The molecule has 1 aliphatic carbocycles. The van der Waals surface area contributed by atoms with E-state index in [0.717, 1.165) is 44.4 Å². The average Bonchev–Trinajstić information content (AvgIpc) is 2.81. The van der Waals surface area contributed by atoms with Crippen LogP contribution in [0.2, 0.25) is 0 Å². The number of hydrogen-bond donors (Lipinski definition) is 0. The van der Waals surface area contributed by atoms with E-state index < -0.39 is 0 Å². The summed E-state index contributed by atoms with van der Waals surface area (Å²) in [5.74, 6) is 1.89. The molecule has 0 radical (unpaired) electrons. The van der Waals surface area contributed by atoms with Crippen LogP contribution in [-0.4, -0.2) is 36.9 Å². The standard InChI is InChI=1S/C28H47NO2/c1-4-29(24(2)23-25-18-20-27(31-3)21-19-25)22-14-9-7-5-6-8-13-17-28(30)26-15-11-10-12-16-26/h18-21,24,26H,4-17,22-23H2,1-3H3. The van der Waals surface area contributed by atoms with Crippen LogP contribution in [0.1, 0.15) is 103 Å². The van der Waals surface area contributed by atoms with Crippen molar-refractivity contribution in [2.24, 2.45) is 5.92 Å². The predicted octanol–water partition coefficient (Wildman–Crippen LogP) is 7.22. The molecule has 0 aliphatic heterocycles. The van der Waals surface area contributed by atoms with E-state index in [1.165, 1.54) is 69.9 Å². The minimum Gasteiger partial charge on any atom is -0.497 e. The molecular formula is C28H47NO2. The average molecular weight is 430 g/mol. The summed E-state index contributed by atoms with van der Waals surface area (Å²) < 4.78 is 5.26. The lowest BCUT2D eigenvalue weighted by atomic mass is 9.84. The molecule has 2 rings (SSSR count). The first-order valence-electron chi connectivity index (χ1n) is 13.0. The van der Waals surface area contributed by atoms with Crippen molar-refractivity contribution in [2.75, 3.05) is 20.2 Å². The number of methoxy groups -OCH3 is 1. The topological polar surface area (TPSA) is 29.5 Å². The number of Topliss-reactive ketones (excluding diaryl/α,β-unsaturated/α-hetero) is 1. The molecule has 176 valence electrons. The maximum absolute atomic E-state index is 12.3. The molecule has 0 heterocycles. The summed E-state index contributed by atoms with van der Waals surface area (Å²) in [6.07, 6.45) is 17.0. The number of ketones is 1. The summed E-state index contributed by atoms with van der Waals surface area (Å²) in [4.78, 5) is 14.9. The Hall–Kier alpha value is -1.35. The van der Waals surface area contributed by atoms with Gasteiger partial charge in [-0.3, -0.25) is 4.79 Å². The van der Waals surface area contributed by atoms with Crippen LogP contribution in [0.25, 0.3) is 0 Å². The summed E-state index contributed by atoms with van der Waals surface area (Å²) in [5.41, 5.74) is 1.38. The van der Waals surface area contributed by atoms with Gasteiger partial charge in [0.2, 0.25) is 0 Å². The van der Waals surface area contributed by atoms with E-state index in [-0.39, 0.29) is 0 Å². The van der Waals surface area contributed by atoms with E-state index in [1.807, 2.05) is 0 Å². The number of ether oxygens (including phenoxy) is 1. The number of benzene rings is 1. The van der Waals surface area contributed by atoms with Gasteiger partial charge in [-0.25, -0.2) is 0 Å². The fourth-order valence-electron chi connectivity index (χ4n) is 5.05. The van der Waals surface area contributed by atoms with E-state index in [0.29, 0.717) is 17.7 Å². The summed E-state index contributed by atoms with van der Waals surface area (Å²) in [7, 11) is 1.72. The molecule has 3 nitrogen and oxygen atoms in total. The Bertz CT molecular complexity index is 592. The van der Waals surface area contributed by atoms with E-state index in [1.54, 1.807) is 7.11 Å². The van der Waals surface area contributed by atoms with Crippen molar-refractivity contribution in [3.8, 4) is 5.75 Å². The van der Waals surface area contributed by atoms with Gasteiger partial charge in [0.05, 0.1) is 7.11 Å².